The average molecular weight is 387 g/mol. The Labute approximate surface area is 130 Å². The number of hydrogen-bond acceptors (Lipinski definition) is 1. The second-order valence-corrected chi connectivity index (χ2v) is 7.18. The molecule has 1 aliphatic carbocycles. The minimum Gasteiger partial charge on any atom is -0.333 e. The van der Waals surface area contributed by atoms with Gasteiger partial charge in [0.05, 0.1) is 5.54 Å². The summed E-state index contributed by atoms with van der Waals surface area (Å²) in [5, 5.41) is 0.922. The largest absolute Gasteiger partial charge is 0.333 e. The quantitative estimate of drug-likeness (QED) is 0.717. The molecule has 2 aliphatic rings. The lowest BCUT2D eigenvalue weighted by atomic mass is 9.70. The lowest BCUT2D eigenvalue weighted by molar-refractivity contribution is -0.137. The molecule has 1 amide bonds. The van der Waals surface area contributed by atoms with Crippen molar-refractivity contribution in [2.24, 2.45) is 5.92 Å². The average Bonchev–Trinajstić information content (AvgIpc) is 2.72. The molecule has 2 nitrogen and oxygen atoms in total. The van der Waals surface area contributed by atoms with Gasteiger partial charge in [0.2, 0.25) is 5.91 Å². The summed E-state index contributed by atoms with van der Waals surface area (Å²) >= 11 is 7.00. The molecular weight excluding hydrogens is 370 g/mol. The third-order valence-corrected chi connectivity index (χ3v) is 5.95. The van der Waals surface area contributed by atoms with E-state index in [4.69, 9.17) is 0 Å². The van der Waals surface area contributed by atoms with E-state index < -0.39 is 0 Å². The van der Waals surface area contributed by atoms with E-state index in [2.05, 4.69) is 61.0 Å². The maximum atomic E-state index is 12.3. The predicted octanol–water partition coefficient (Wildman–Crippen LogP) is 4.07. The zero-order valence-electron chi connectivity index (χ0n) is 10.7. The number of rotatable bonds is 3. The van der Waals surface area contributed by atoms with Crippen molar-refractivity contribution in [2.75, 3.05) is 11.9 Å². The monoisotopic (exact) mass is 385 g/mol. The van der Waals surface area contributed by atoms with Gasteiger partial charge in [0.25, 0.3) is 0 Å². The standard InChI is InChI=1S/C15H17Br2NO/c16-9-11-8-14(19)18(10-11)15(6-1-7-15)12-2-4-13(17)5-3-12/h2-5,11H,1,6-10H2. The number of alkyl halides is 1. The van der Waals surface area contributed by atoms with E-state index in [1.165, 1.54) is 12.0 Å². The normalized spacial score (nSPS) is 25.5. The zero-order valence-corrected chi connectivity index (χ0v) is 13.9. The fourth-order valence-corrected chi connectivity index (χ4v) is 3.98. The second kappa shape index (κ2) is 5.21. The van der Waals surface area contributed by atoms with E-state index in [-0.39, 0.29) is 5.54 Å². The van der Waals surface area contributed by atoms with Crippen LogP contribution in [0.25, 0.3) is 0 Å². The third kappa shape index (κ3) is 2.27. The first kappa shape index (κ1) is 13.6. The Morgan fingerprint density at radius 1 is 1.26 bits per heavy atom. The molecule has 102 valence electrons. The van der Waals surface area contributed by atoms with Gasteiger partial charge in [0.1, 0.15) is 0 Å². The van der Waals surface area contributed by atoms with Gasteiger partial charge in [-0.2, -0.15) is 0 Å². The summed E-state index contributed by atoms with van der Waals surface area (Å²) < 4.78 is 1.09. The molecule has 0 bridgehead atoms. The number of carbonyl (C=O) groups is 1. The summed E-state index contributed by atoms with van der Waals surface area (Å²) in [7, 11) is 0. The van der Waals surface area contributed by atoms with Crippen molar-refractivity contribution >= 4 is 37.8 Å². The van der Waals surface area contributed by atoms with Crippen molar-refractivity contribution in [2.45, 2.75) is 31.2 Å². The Kier molecular flexibility index (Phi) is 3.73. The summed E-state index contributed by atoms with van der Waals surface area (Å²) in [5.74, 6) is 0.799. The van der Waals surface area contributed by atoms with Gasteiger partial charge in [-0.25, -0.2) is 0 Å². The Bertz CT molecular complexity index is 481. The smallest absolute Gasteiger partial charge is 0.223 e. The van der Waals surface area contributed by atoms with Crippen LogP contribution < -0.4 is 0 Å². The number of benzene rings is 1. The molecule has 2 fully saturated rings. The zero-order chi connectivity index (χ0) is 13.5. The Hall–Kier alpha value is -0.350. The minimum atomic E-state index is -0.0191. The topological polar surface area (TPSA) is 20.3 Å². The first-order chi connectivity index (χ1) is 9.15. The first-order valence-electron chi connectivity index (χ1n) is 6.78. The van der Waals surface area contributed by atoms with Crippen molar-refractivity contribution in [3.05, 3.63) is 34.3 Å². The highest BCUT2D eigenvalue weighted by atomic mass is 79.9. The summed E-state index contributed by atoms with van der Waals surface area (Å²) in [6.07, 6.45) is 4.13. The molecule has 1 aliphatic heterocycles. The molecule has 1 saturated heterocycles. The van der Waals surface area contributed by atoms with Crippen molar-refractivity contribution in [1.82, 2.24) is 4.90 Å². The van der Waals surface area contributed by atoms with E-state index in [9.17, 15) is 4.79 Å². The van der Waals surface area contributed by atoms with E-state index in [0.717, 1.165) is 29.2 Å². The summed E-state index contributed by atoms with van der Waals surface area (Å²) in [6.45, 7) is 0.903. The van der Waals surface area contributed by atoms with Crippen LogP contribution in [0, 0.1) is 5.92 Å². The number of hydrogen-bond donors (Lipinski definition) is 0. The summed E-state index contributed by atoms with van der Waals surface area (Å²) in [4.78, 5) is 14.5. The number of amides is 1. The molecule has 1 aromatic carbocycles. The Morgan fingerprint density at radius 3 is 2.42 bits per heavy atom. The first-order valence-corrected chi connectivity index (χ1v) is 8.70. The van der Waals surface area contributed by atoms with Crippen LogP contribution >= 0.6 is 31.9 Å². The van der Waals surface area contributed by atoms with Crippen molar-refractivity contribution < 1.29 is 4.79 Å². The molecule has 0 aromatic heterocycles. The van der Waals surface area contributed by atoms with Crippen molar-refractivity contribution in [3.63, 3.8) is 0 Å². The Morgan fingerprint density at radius 2 is 1.95 bits per heavy atom. The lowest BCUT2D eigenvalue weighted by Crippen LogP contribution is -2.51. The van der Waals surface area contributed by atoms with Gasteiger partial charge in [-0.15, -0.1) is 0 Å². The fraction of sp³-hybridized carbons (Fsp3) is 0.533. The SMILES string of the molecule is O=C1CC(CBr)CN1C1(c2ccc(Br)cc2)CCC1. The summed E-state index contributed by atoms with van der Waals surface area (Å²) in [5.41, 5.74) is 1.28. The highest BCUT2D eigenvalue weighted by Gasteiger charge is 2.49. The molecule has 19 heavy (non-hydrogen) atoms. The van der Waals surface area contributed by atoms with Crippen LogP contribution in [0.2, 0.25) is 0 Å². The Balaban J connectivity index is 1.91. The molecule has 1 aromatic rings. The number of halogens is 2. The molecule has 0 N–H and O–H groups in total. The molecule has 1 atom stereocenters. The van der Waals surface area contributed by atoms with E-state index in [1.54, 1.807) is 0 Å². The molecule has 4 heteroatoms. The molecule has 3 rings (SSSR count). The molecule has 0 radical (unpaired) electrons. The number of carbonyl (C=O) groups excluding carboxylic acids is 1. The highest BCUT2D eigenvalue weighted by Crippen LogP contribution is 2.49. The van der Waals surface area contributed by atoms with E-state index in [1.807, 2.05) is 0 Å². The number of likely N-dealkylation sites (tertiary alicyclic amines) is 1. The molecule has 1 heterocycles. The molecule has 1 saturated carbocycles. The molecular formula is C15H17Br2NO. The summed E-state index contributed by atoms with van der Waals surface area (Å²) in [6, 6.07) is 8.49. The van der Waals surface area contributed by atoms with Gasteiger partial charge >= 0.3 is 0 Å². The van der Waals surface area contributed by atoms with Gasteiger partial charge < -0.3 is 4.90 Å². The van der Waals surface area contributed by atoms with Crippen LogP contribution in [0.4, 0.5) is 0 Å². The van der Waals surface area contributed by atoms with Crippen molar-refractivity contribution in [3.8, 4) is 0 Å². The van der Waals surface area contributed by atoms with E-state index in [0.29, 0.717) is 18.2 Å². The van der Waals surface area contributed by atoms with Crippen LogP contribution in [-0.2, 0) is 10.3 Å². The maximum absolute atomic E-state index is 12.3. The van der Waals surface area contributed by atoms with Crippen LogP contribution in [0.3, 0.4) is 0 Å². The molecule has 1 unspecified atom stereocenters. The fourth-order valence-electron chi connectivity index (χ4n) is 3.28. The van der Waals surface area contributed by atoms with Gasteiger partial charge in [0, 0.05) is 22.8 Å². The van der Waals surface area contributed by atoms with Crippen LogP contribution in [0.5, 0.6) is 0 Å². The van der Waals surface area contributed by atoms with Gasteiger partial charge in [-0.3, -0.25) is 4.79 Å². The van der Waals surface area contributed by atoms with Gasteiger partial charge in [0.15, 0.2) is 0 Å². The van der Waals surface area contributed by atoms with Crippen molar-refractivity contribution in [1.29, 1.82) is 0 Å². The van der Waals surface area contributed by atoms with Crippen LogP contribution in [0.15, 0.2) is 28.7 Å². The predicted molar refractivity (Wildman–Crippen MR) is 83.3 cm³/mol. The lowest BCUT2D eigenvalue weighted by Gasteiger charge is -2.49. The third-order valence-electron chi connectivity index (χ3n) is 4.50. The number of nitrogens with zero attached hydrogens (tertiary/aromatic N) is 1. The van der Waals surface area contributed by atoms with Crippen LogP contribution in [0.1, 0.15) is 31.2 Å². The van der Waals surface area contributed by atoms with Gasteiger partial charge in [-0.1, -0.05) is 44.0 Å². The minimum absolute atomic E-state index is 0.0191. The van der Waals surface area contributed by atoms with Gasteiger partial charge in [-0.05, 0) is 42.9 Å². The second-order valence-electron chi connectivity index (χ2n) is 5.62. The highest BCUT2D eigenvalue weighted by molar-refractivity contribution is 9.10. The molecule has 0 spiro atoms. The maximum Gasteiger partial charge on any atom is 0.223 e. The van der Waals surface area contributed by atoms with Crippen LogP contribution in [-0.4, -0.2) is 22.7 Å². The van der Waals surface area contributed by atoms with E-state index >= 15 is 0 Å².